The molecule has 0 bridgehead atoms. The molecule has 1 saturated carbocycles. The van der Waals surface area contributed by atoms with Crippen LogP contribution in [0.2, 0.25) is 0 Å². The first-order valence-corrected chi connectivity index (χ1v) is 7.36. The molecule has 0 amide bonds. The van der Waals surface area contributed by atoms with Crippen LogP contribution in [0.15, 0.2) is 30.3 Å². The Hall–Kier alpha value is -1.07. The molecule has 1 N–H and O–H groups in total. The van der Waals surface area contributed by atoms with Gasteiger partial charge in [0, 0.05) is 6.04 Å². The third-order valence-corrected chi connectivity index (χ3v) is 4.27. The molecule has 1 fully saturated rings. The standard InChI is InChI=1S/C16H22F3NO/c1-11(16(17,18)19)21-15-10-13(8-9-14(15)20-2)12-6-4-3-5-7-12/h3-7,11,13-15,20H,8-10H2,1-2H3. The predicted octanol–water partition coefficient (Wildman–Crippen LogP) is 3.88. The molecule has 0 saturated heterocycles. The van der Waals surface area contributed by atoms with E-state index in [2.05, 4.69) is 5.32 Å². The van der Waals surface area contributed by atoms with E-state index in [0.29, 0.717) is 6.42 Å². The predicted molar refractivity (Wildman–Crippen MR) is 76.3 cm³/mol. The zero-order valence-electron chi connectivity index (χ0n) is 12.4. The Kier molecular flexibility index (Phi) is 5.27. The molecule has 118 valence electrons. The summed E-state index contributed by atoms with van der Waals surface area (Å²) in [5.41, 5.74) is 1.18. The van der Waals surface area contributed by atoms with Crippen molar-refractivity contribution in [2.24, 2.45) is 0 Å². The minimum absolute atomic E-state index is 0.0187. The molecule has 0 aromatic heterocycles. The molecular weight excluding hydrogens is 279 g/mol. The third-order valence-electron chi connectivity index (χ3n) is 4.27. The number of halogens is 3. The lowest BCUT2D eigenvalue weighted by Crippen LogP contribution is -2.47. The van der Waals surface area contributed by atoms with E-state index in [0.717, 1.165) is 19.8 Å². The molecule has 2 nitrogen and oxygen atoms in total. The number of nitrogens with one attached hydrogen (secondary N) is 1. The van der Waals surface area contributed by atoms with Crippen molar-refractivity contribution in [3.8, 4) is 0 Å². The summed E-state index contributed by atoms with van der Waals surface area (Å²) in [6, 6.07) is 9.93. The van der Waals surface area contributed by atoms with Gasteiger partial charge in [0.05, 0.1) is 6.10 Å². The van der Waals surface area contributed by atoms with E-state index in [1.807, 2.05) is 30.3 Å². The van der Waals surface area contributed by atoms with Crippen molar-refractivity contribution in [2.45, 2.75) is 56.5 Å². The van der Waals surface area contributed by atoms with E-state index in [-0.39, 0.29) is 12.0 Å². The normalized spacial score (nSPS) is 28.3. The zero-order valence-corrected chi connectivity index (χ0v) is 12.4. The minimum Gasteiger partial charge on any atom is -0.364 e. The molecule has 0 spiro atoms. The van der Waals surface area contributed by atoms with Gasteiger partial charge in [0.25, 0.3) is 0 Å². The molecule has 0 aliphatic heterocycles. The minimum atomic E-state index is -4.31. The third kappa shape index (κ3) is 4.20. The zero-order chi connectivity index (χ0) is 15.5. The second kappa shape index (κ2) is 6.79. The lowest BCUT2D eigenvalue weighted by atomic mass is 9.80. The van der Waals surface area contributed by atoms with E-state index >= 15 is 0 Å². The molecule has 21 heavy (non-hydrogen) atoms. The maximum atomic E-state index is 12.7. The smallest absolute Gasteiger partial charge is 0.364 e. The van der Waals surface area contributed by atoms with Gasteiger partial charge in [0.2, 0.25) is 0 Å². The van der Waals surface area contributed by atoms with Crippen LogP contribution in [-0.4, -0.2) is 31.5 Å². The van der Waals surface area contributed by atoms with Gasteiger partial charge in [-0.25, -0.2) is 0 Å². The van der Waals surface area contributed by atoms with Crippen LogP contribution < -0.4 is 5.32 Å². The monoisotopic (exact) mass is 301 g/mol. The molecular formula is C16H22F3NO. The van der Waals surface area contributed by atoms with Crippen LogP contribution in [0.1, 0.15) is 37.7 Å². The van der Waals surface area contributed by atoms with Gasteiger partial charge in [-0.3, -0.25) is 0 Å². The molecule has 2 rings (SSSR count). The van der Waals surface area contributed by atoms with Gasteiger partial charge in [0.15, 0.2) is 6.10 Å². The Morgan fingerprint density at radius 3 is 2.43 bits per heavy atom. The lowest BCUT2D eigenvalue weighted by Gasteiger charge is -2.37. The topological polar surface area (TPSA) is 21.3 Å². The highest BCUT2D eigenvalue weighted by molar-refractivity contribution is 5.20. The van der Waals surface area contributed by atoms with Crippen molar-refractivity contribution in [2.75, 3.05) is 7.05 Å². The summed E-state index contributed by atoms with van der Waals surface area (Å²) < 4.78 is 43.5. The van der Waals surface area contributed by atoms with Crippen molar-refractivity contribution in [3.63, 3.8) is 0 Å². The van der Waals surface area contributed by atoms with Gasteiger partial charge in [-0.15, -0.1) is 0 Å². The first-order valence-electron chi connectivity index (χ1n) is 7.36. The quantitative estimate of drug-likeness (QED) is 0.911. The molecule has 4 unspecified atom stereocenters. The van der Waals surface area contributed by atoms with Gasteiger partial charge >= 0.3 is 6.18 Å². The van der Waals surface area contributed by atoms with Crippen LogP contribution in [-0.2, 0) is 4.74 Å². The fourth-order valence-electron chi connectivity index (χ4n) is 2.98. The number of hydrogen-bond donors (Lipinski definition) is 1. The largest absolute Gasteiger partial charge is 0.414 e. The van der Waals surface area contributed by atoms with E-state index in [1.54, 1.807) is 7.05 Å². The Morgan fingerprint density at radius 2 is 1.86 bits per heavy atom. The summed E-state index contributed by atoms with van der Waals surface area (Å²) in [7, 11) is 1.78. The van der Waals surface area contributed by atoms with E-state index < -0.39 is 18.4 Å². The van der Waals surface area contributed by atoms with Gasteiger partial charge < -0.3 is 10.1 Å². The highest BCUT2D eigenvalue weighted by Crippen LogP contribution is 2.36. The molecule has 1 aromatic carbocycles. The highest BCUT2D eigenvalue weighted by atomic mass is 19.4. The average molecular weight is 301 g/mol. The summed E-state index contributed by atoms with van der Waals surface area (Å²) in [6.45, 7) is 1.08. The average Bonchev–Trinajstić information content (AvgIpc) is 2.47. The van der Waals surface area contributed by atoms with Crippen LogP contribution >= 0.6 is 0 Å². The van der Waals surface area contributed by atoms with Crippen molar-refractivity contribution < 1.29 is 17.9 Å². The van der Waals surface area contributed by atoms with Crippen LogP contribution in [0.5, 0.6) is 0 Å². The maximum absolute atomic E-state index is 12.7. The van der Waals surface area contributed by atoms with Crippen molar-refractivity contribution in [1.82, 2.24) is 5.32 Å². The van der Waals surface area contributed by atoms with E-state index in [4.69, 9.17) is 4.74 Å². The molecule has 0 heterocycles. The highest BCUT2D eigenvalue weighted by Gasteiger charge is 2.41. The van der Waals surface area contributed by atoms with Crippen LogP contribution in [0.25, 0.3) is 0 Å². The molecule has 1 aromatic rings. The summed E-state index contributed by atoms with van der Waals surface area (Å²) >= 11 is 0. The molecule has 1 aliphatic carbocycles. The number of alkyl halides is 3. The number of ether oxygens (including phenoxy) is 1. The number of likely N-dealkylation sites (N-methyl/N-ethyl adjacent to an activating group) is 1. The van der Waals surface area contributed by atoms with Crippen molar-refractivity contribution >= 4 is 0 Å². The van der Waals surface area contributed by atoms with Crippen molar-refractivity contribution in [3.05, 3.63) is 35.9 Å². The van der Waals surface area contributed by atoms with Gasteiger partial charge in [-0.2, -0.15) is 13.2 Å². The number of hydrogen-bond acceptors (Lipinski definition) is 2. The second-order valence-corrected chi connectivity index (χ2v) is 5.67. The Bertz CT molecular complexity index is 435. The molecule has 1 aliphatic rings. The lowest BCUT2D eigenvalue weighted by molar-refractivity contribution is -0.232. The first-order chi connectivity index (χ1) is 9.91. The van der Waals surface area contributed by atoms with Crippen LogP contribution in [0.4, 0.5) is 13.2 Å². The van der Waals surface area contributed by atoms with E-state index in [1.165, 1.54) is 5.56 Å². The molecule has 0 radical (unpaired) electrons. The Morgan fingerprint density at radius 1 is 1.19 bits per heavy atom. The fraction of sp³-hybridized carbons (Fsp3) is 0.625. The summed E-state index contributed by atoms with van der Waals surface area (Å²) in [5, 5.41) is 3.09. The van der Waals surface area contributed by atoms with Gasteiger partial charge in [-0.05, 0) is 44.7 Å². The SMILES string of the molecule is CNC1CCC(c2ccccc2)CC1OC(C)C(F)(F)F. The van der Waals surface area contributed by atoms with E-state index in [9.17, 15) is 13.2 Å². The summed E-state index contributed by atoms with van der Waals surface area (Å²) in [6.07, 6.45) is -4.03. The van der Waals surface area contributed by atoms with Crippen LogP contribution in [0.3, 0.4) is 0 Å². The Balaban J connectivity index is 2.06. The van der Waals surface area contributed by atoms with Gasteiger partial charge in [-0.1, -0.05) is 30.3 Å². The number of benzene rings is 1. The van der Waals surface area contributed by atoms with Gasteiger partial charge in [0.1, 0.15) is 0 Å². The Labute approximate surface area is 123 Å². The van der Waals surface area contributed by atoms with Crippen LogP contribution in [0, 0.1) is 0 Å². The summed E-state index contributed by atoms with van der Waals surface area (Å²) in [5.74, 6) is 0.265. The fourth-order valence-corrected chi connectivity index (χ4v) is 2.98. The summed E-state index contributed by atoms with van der Waals surface area (Å²) in [4.78, 5) is 0. The maximum Gasteiger partial charge on any atom is 0.414 e. The molecule has 4 atom stereocenters. The second-order valence-electron chi connectivity index (χ2n) is 5.67. The number of rotatable bonds is 4. The van der Waals surface area contributed by atoms with Crippen molar-refractivity contribution in [1.29, 1.82) is 0 Å². The molecule has 5 heteroatoms. The first kappa shape index (κ1) is 16.3.